The van der Waals surface area contributed by atoms with Gasteiger partial charge in [-0.05, 0) is 93.3 Å². The normalized spacial score (nSPS) is 18.1. The number of hydrogen-bond acceptors (Lipinski definition) is 6. The highest BCUT2D eigenvalue weighted by molar-refractivity contribution is 6.00. The van der Waals surface area contributed by atoms with Gasteiger partial charge < -0.3 is 30.4 Å². The summed E-state index contributed by atoms with van der Waals surface area (Å²) >= 11 is 0. The molecule has 2 saturated heterocycles. The number of anilines is 1. The molecule has 0 saturated carbocycles. The fourth-order valence-electron chi connectivity index (χ4n) is 8.39. The molecule has 11 nitrogen and oxygen atoms in total. The van der Waals surface area contributed by atoms with Gasteiger partial charge in [0.05, 0.1) is 17.9 Å². The van der Waals surface area contributed by atoms with Gasteiger partial charge in [0.15, 0.2) is 0 Å². The maximum atomic E-state index is 13.9. The molecular formula is C45H48N8O3. The fraction of sp³-hybridized carbons (Fsp3) is 0.289. The fourth-order valence-corrected chi connectivity index (χ4v) is 8.39. The second-order valence-corrected chi connectivity index (χ2v) is 15.0. The van der Waals surface area contributed by atoms with Crippen LogP contribution in [0.3, 0.4) is 0 Å². The van der Waals surface area contributed by atoms with E-state index in [1.165, 1.54) is 0 Å². The zero-order valence-electron chi connectivity index (χ0n) is 32.0. The van der Waals surface area contributed by atoms with Gasteiger partial charge in [0.25, 0.3) is 0 Å². The zero-order chi connectivity index (χ0) is 38.8. The molecule has 4 atom stereocenters. The Morgan fingerprint density at radius 2 is 1.41 bits per heavy atom. The number of amides is 3. The summed E-state index contributed by atoms with van der Waals surface area (Å²) in [4.78, 5) is 58.5. The maximum absolute atomic E-state index is 13.9. The van der Waals surface area contributed by atoms with Crippen LogP contribution in [0.1, 0.15) is 60.8 Å². The number of rotatable bonds is 11. The minimum absolute atomic E-state index is 0.0909. The molecule has 2 aliphatic heterocycles. The minimum Gasteiger partial charge on any atom is -0.355 e. The van der Waals surface area contributed by atoms with E-state index in [9.17, 15) is 14.4 Å². The largest absolute Gasteiger partial charge is 0.355 e. The van der Waals surface area contributed by atoms with Gasteiger partial charge in [-0.25, -0.2) is 4.98 Å². The molecule has 0 aliphatic carbocycles. The zero-order valence-corrected chi connectivity index (χ0v) is 32.0. The topological polar surface area (TPSA) is 129 Å². The third-order valence-corrected chi connectivity index (χ3v) is 11.2. The second-order valence-electron chi connectivity index (χ2n) is 15.0. The first kappa shape index (κ1) is 36.9. The van der Waals surface area contributed by atoms with Crippen molar-refractivity contribution in [2.75, 3.05) is 39.5 Å². The SMILES string of the molecule is CN[C@@H](C(=O)N1CCC[C@H]1C(=O)Nc1ccc2[nH]c(-c3ccc(-c4cnc([C@@H]5CCCN5C(=O)[C@@H](c5ccccc5)N(C)C)[nH]4)cc3)cc2c1)c1ccccc1. The van der Waals surface area contributed by atoms with E-state index < -0.39 is 12.1 Å². The number of imidazole rings is 1. The summed E-state index contributed by atoms with van der Waals surface area (Å²) < 4.78 is 0. The molecular weight excluding hydrogens is 701 g/mol. The summed E-state index contributed by atoms with van der Waals surface area (Å²) in [6.45, 7) is 1.26. The Labute approximate surface area is 327 Å². The van der Waals surface area contributed by atoms with Crippen molar-refractivity contribution in [2.24, 2.45) is 0 Å². The number of nitrogens with zero attached hydrogens (tertiary/aromatic N) is 4. The number of benzene rings is 4. The molecule has 6 aromatic rings. The molecule has 11 heteroatoms. The Morgan fingerprint density at radius 3 is 2.11 bits per heavy atom. The van der Waals surface area contributed by atoms with Crippen LogP contribution in [0, 0.1) is 0 Å². The highest BCUT2D eigenvalue weighted by atomic mass is 16.2. The number of nitrogens with one attached hydrogen (secondary N) is 4. The van der Waals surface area contributed by atoms with Gasteiger partial charge in [0, 0.05) is 35.4 Å². The molecule has 4 N–H and O–H groups in total. The average Bonchev–Trinajstić information content (AvgIpc) is 4.05. The average molecular weight is 749 g/mol. The number of hydrogen-bond donors (Lipinski definition) is 4. The maximum Gasteiger partial charge on any atom is 0.247 e. The van der Waals surface area contributed by atoms with Crippen LogP contribution in [0.25, 0.3) is 33.4 Å². The van der Waals surface area contributed by atoms with E-state index in [1.54, 1.807) is 11.9 Å². The van der Waals surface area contributed by atoms with Crippen molar-refractivity contribution in [3.05, 3.63) is 132 Å². The molecule has 56 heavy (non-hydrogen) atoms. The van der Waals surface area contributed by atoms with Crippen LogP contribution >= 0.6 is 0 Å². The first-order valence-corrected chi connectivity index (χ1v) is 19.4. The lowest BCUT2D eigenvalue weighted by Crippen LogP contribution is -2.47. The van der Waals surface area contributed by atoms with E-state index in [1.807, 2.05) is 109 Å². The summed E-state index contributed by atoms with van der Waals surface area (Å²) in [5, 5.41) is 7.19. The molecule has 2 aliphatic rings. The standard InChI is InChI=1S/C45H48N8O3/c1-46-40(31-12-6-4-7-13-31)44(55)53-25-11-17-39(53)43(54)48-34-22-23-35-33(26-34)27-36(49-35)29-18-20-30(21-19-29)37-28-47-42(50-37)38-16-10-24-52(38)45(56)41(51(2)3)32-14-8-5-9-15-32/h4-9,12-15,18-23,26-28,38-41,46,49H,10-11,16-17,24-25H2,1-3H3,(H,47,50)(H,48,54)/t38-,39-,40+,41+/m0/s1. The molecule has 2 fully saturated rings. The Morgan fingerprint density at radius 1 is 0.750 bits per heavy atom. The summed E-state index contributed by atoms with van der Waals surface area (Å²) in [7, 11) is 5.67. The van der Waals surface area contributed by atoms with Crippen molar-refractivity contribution in [1.82, 2.24) is 35.0 Å². The number of H-pyrrole nitrogens is 2. The molecule has 3 amide bonds. The monoisotopic (exact) mass is 748 g/mol. The van der Waals surface area contributed by atoms with Gasteiger partial charge in [-0.2, -0.15) is 0 Å². The van der Waals surface area contributed by atoms with E-state index >= 15 is 0 Å². The van der Waals surface area contributed by atoms with Crippen LogP contribution in [-0.2, 0) is 14.4 Å². The van der Waals surface area contributed by atoms with Crippen LogP contribution in [-0.4, -0.2) is 87.6 Å². The van der Waals surface area contributed by atoms with Crippen LogP contribution in [0.5, 0.6) is 0 Å². The smallest absolute Gasteiger partial charge is 0.247 e. The van der Waals surface area contributed by atoms with Gasteiger partial charge in [-0.15, -0.1) is 0 Å². The van der Waals surface area contributed by atoms with Gasteiger partial charge in [-0.1, -0.05) is 84.9 Å². The number of carbonyl (C=O) groups is 3. The molecule has 8 rings (SSSR count). The van der Waals surface area contributed by atoms with Crippen LogP contribution in [0.2, 0.25) is 0 Å². The molecule has 0 radical (unpaired) electrons. The van der Waals surface area contributed by atoms with E-state index in [2.05, 4.69) is 50.9 Å². The molecule has 2 aromatic heterocycles. The summed E-state index contributed by atoms with van der Waals surface area (Å²) in [6, 6.07) is 34.3. The number of fused-ring (bicyclic) bond motifs is 1. The van der Waals surface area contributed by atoms with Gasteiger partial charge in [0.1, 0.15) is 23.9 Å². The highest BCUT2D eigenvalue weighted by Crippen LogP contribution is 2.36. The Balaban J connectivity index is 0.932. The predicted molar refractivity (Wildman–Crippen MR) is 219 cm³/mol. The van der Waals surface area contributed by atoms with Crippen molar-refractivity contribution in [3.63, 3.8) is 0 Å². The van der Waals surface area contributed by atoms with Crippen molar-refractivity contribution in [3.8, 4) is 22.5 Å². The number of likely N-dealkylation sites (tertiary alicyclic amines) is 2. The molecule has 4 aromatic carbocycles. The number of aromatic amines is 2. The van der Waals surface area contributed by atoms with Crippen molar-refractivity contribution < 1.29 is 14.4 Å². The molecule has 0 unspecified atom stereocenters. The van der Waals surface area contributed by atoms with Gasteiger partial charge >= 0.3 is 0 Å². The Hall–Kier alpha value is -6.04. The lowest BCUT2D eigenvalue weighted by atomic mass is 10.0. The second kappa shape index (κ2) is 16.0. The van der Waals surface area contributed by atoms with Crippen LogP contribution in [0.4, 0.5) is 5.69 Å². The minimum atomic E-state index is -0.529. The highest BCUT2D eigenvalue weighted by Gasteiger charge is 2.38. The van der Waals surface area contributed by atoms with E-state index in [0.717, 1.165) is 69.6 Å². The molecule has 286 valence electrons. The van der Waals surface area contributed by atoms with Gasteiger partial charge in [0.2, 0.25) is 17.7 Å². The first-order chi connectivity index (χ1) is 27.3. The molecule has 0 spiro atoms. The van der Waals surface area contributed by atoms with Crippen LogP contribution in [0.15, 0.2) is 115 Å². The number of carbonyl (C=O) groups excluding carboxylic acids is 3. The summed E-state index contributed by atoms with van der Waals surface area (Å²) in [5.41, 5.74) is 7.39. The number of aromatic nitrogens is 3. The van der Waals surface area contributed by atoms with E-state index in [-0.39, 0.29) is 29.8 Å². The van der Waals surface area contributed by atoms with Crippen molar-refractivity contribution >= 4 is 34.3 Å². The van der Waals surface area contributed by atoms with Crippen molar-refractivity contribution in [1.29, 1.82) is 0 Å². The lowest BCUT2D eigenvalue weighted by molar-refractivity contribution is -0.138. The predicted octanol–water partition coefficient (Wildman–Crippen LogP) is 7.08. The lowest BCUT2D eigenvalue weighted by Gasteiger charge is -2.31. The quantitative estimate of drug-likeness (QED) is 0.112. The first-order valence-electron chi connectivity index (χ1n) is 19.4. The van der Waals surface area contributed by atoms with E-state index in [0.29, 0.717) is 25.2 Å². The summed E-state index contributed by atoms with van der Waals surface area (Å²) in [6.07, 6.45) is 5.06. The molecule has 4 heterocycles. The Bertz CT molecular complexity index is 2320. The van der Waals surface area contributed by atoms with Crippen molar-refractivity contribution in [2.45, 2.75) is 49.9 Å². The Kier molecular flexibility index (Phi) is 10.5. The summed E-state index contributed by atoms with van der Waals surface area (Å²) in [5.74, 6) is 0.628. The van der Waals surface area contributed by atoms with E-state index in [4.69, 9.17) is 4.98 Å². The van der Waals surface area contributed by atoms with Crippen LogP contribution < -0.4 is 10.6 Å². The third-order valence-electron chi connectivity index (χ3n) is 11.2. The van der Waals surface area contributed by atoms with Gasteiger partial charge in [-0.3, -0.25) is 19.3 Å². The number of likely N-dealkylation sites (N-methyl/N-ethyl adjacent to an activating group) is 2. The molecule has 0 bridgehead atoms. The third kappa shape index (κ3) is 7.35.